The van der Waals surface area contributed by atoms with Gasteiger partial charge in [0.05, 0.1) is 11.3 Å². The van der Waals surface area contributed by atoms with Crippen LogP contribution in [0.4, 0.5) is 0 Å². The molecule has 1 aromatic carbocycles. The zero-order valence-corrected chi connectivity index (χ0v) is 19.1. The average molecular weight is 423 g/mol. The zero-order valence-electron chi connectivity index (χ0n) is 18.3. The summed E-state index contributed by atoms with van der Waals surface area (Å²) in [6.45, 7) is 3.02. The molecular weight excluding hydrogens is 388 g/mol. The van der Waals surface area contributed by atoms with Gasteiger partial charge in [-0.1, -0.05) is 81.5 Å². The third-order valence-corrected chi connectivity index (χ3v) is 8.57. The number of hydrogen-bond donors (Lipinski definition) is 0. The second-order valence-electron chi connectivity index (χ2n) is 9.65. The van der Waals surface area contributed by atoms with Crippen molar-refractivity contribution < 1.29 is 0 Å². The van der Waals surface area contributed by atoms with Gasteiger partial charge in [0.15, 0.2) is 5.16 Å². The molecule has 160 valence electrons. The van der Waals surface area contributed by atoms with E-state index in [9.17, 15) is 4.79 Å². The molecule has 0 aliphatic heterocycles. The van der Waals surface area contributed by atoms with Gasteiger partial charge in [-0.2, -0.15) is 0 Å². The van der Waals surface area contributed by atoms with Crippen LogP contribution in [0.2, 0.25) is 0 Å². The number of aromatic nitrogens is 2. The smallest absolute Gasteiger partial charge is 0.258 e. The molecule has 30 heavy (non-hydrogen) atoms. The van der Waals surface area contributed by atoms with E-state index < -0.39 is 0 Å². The normalized spacial score (nSPS) is 20.7. The van der Waals surface area contributed by atoms with Crippen LogP contribution in [0.25, 0.3) is 11.3 Å². The Morgan fingerprint density at radius 3 is 2.57 bits per heavy atom. The van der Waals surface area contributed by atoms with Crippen molar-refractivity contribution in [1.82, 2.24) is 9.55 Å². The molecule has 0 N–H and O–H groups in total. The van der Waals surface area contributed by atoms with Crippen molar-refractivity contribution >= 4 is 11.8 Å². The Labute approximate surface area is 184 Å². The fourth-order valence-electron chi connectivity index (χ4n) is 6.25. The van der Waals surface area contributed by atoms with Crippen molar-refractivity contribution in [2.45, 2.75) is 94.7 Å². The van der Waals surface area contributed by atoms with Crippen LogP contribution < -0.4 is 5.56 Å². The second kappa shape index (κ2) is 8.53. The minimum Gasteiger partial charge on any atom is -0.287 e. The first-order valence-electron chi connectivity index (χ1n) is 12.1. The van der Waals surface area contributed by atoms with Crippen LogP contribution in [0.3, 0.4) is 0 Å². The minimum absolute atomic E-state index is 0.00422. The molecule has 3 aliphatic carbocycles. The molecule has 5 rings (SSSR count). The van der Waals surface area contributed by atoms with Gasteiger partial charge in [0, 0.05) is 17.5 Å². The molecule has 0 saturated heterocycles. The van der Waals surface area contributed by atoms with E-state index in [4.69, 9.17) is 4.98 Å². The zero-order chi connectivity index (χ0) is 20.6. The monoisotopic (exact) mass is 422 g/mol. The standard InChI is InChI=1S/C26H34N2OS/c1-2-30-25-27-23-21-14-8-7-13-20(21)17-26(15-9-4-10-16-26)22(23)24(29)28(25)18-19-11-5-3-6-12-19/h7-8,13-14,19H,2-6,9-12,15-18H2,1H3. The summed E-state index contributed by atoms with van der Waals surface area (Å²) >= 11 is 1.74. The molecular formula is C26H34N2OS. The van der Waals surface area contributed by atoms with Crippen molar-refractivity contribution in [2.75, 3.05) is 5.75 Å². The Kier molecular flexibility index (Phi) is 5.79. The topological polar surface area (TPSA) is 34.9 Å². The van der Waals surface area contributed by atoms with Gasteiger partial charge in [0.25, 0.3) is 5.56 Å². The summed E-state index contributed by atoms with van der Waals surface area (Å²) in [6, 6.07) is 8.69. The first-order valence-corrected chi connectivity index (χ1v) is 13.1. The third kappa shape index (κ3) is 3.55. The maximum atomic E-state index is 14.2. The van der Waals surface area contributed by atoms with E-state index in [0.29, 0.717) is 5.92 Å². The Hall–Kier alpha value is -1.55. The van der Waals surface area contributed by atoms with Crippen molar-refractivity contribution in [3.63, 3.8) is 0 Å². The molecule has 3 aliphatic rings. The van der Waals surface area contributed by atoms with Gasteiger partial charge in [-0.3, -0.25) is 9.36 Å². The van der Waals surface area contributed by atoms with Crippen molar-refractivity contribution in [2.24, 2.45) is 5.92 Å². The summed E-state index contributed by atoms with van der Waals surface area (Å²) in [5, 5.41) is 0.939. The minimum atomic E-state index is -0.00422. The highest BCUT2D eigenvalue weighted by Gasteiger charge is 2.43. The van der Waals surface area contributed by atoms with E-state index in [1.54, 1.807) is 11.8 Å². The number of benzene rings is 1. The van der Waals surface area contributed by atoms with E-state index in [-0.39, 0.29) is 11.0 Å². The number of rotatable bonds is 4. The van der Waals surface area contributed by atoms with Gasteiger partial charge in [-0.25, -0.2) is 4.98 Å². The molecule has 2 saturated carbocycles. The highest BCUT2D eigenvalue weighted by Crippen LogP contribution is 2.48. The molecule has 1 spiro atoms. The lowest BCUT2D eigenvalue weighted by Gasteiger charge is -2.42. The first kappa shape index (κ1) is 20.4. The van der Waals surface area contributed by atoms with E-state index in [2.05, 4.69) is 35.8 Å². The highest BCUT2D eigenvalue weighted by atomic mass is 32.2. The predicted octanol–water partition coefficient (Wildman–Crippen LogP) is 6.36. The maximum Gasteiger partial charge on any atom is 0.258 e. The number of fused-ring (bicyclic) bond motifs is 4. The van der Waals surface area contributed by atoms with E-state index in [0.717, 1.165) is 48.0 Å². The first-order chi connectivity index (χ1) is 14.7. The Balaban J connectivity index is 1.69. The van der Waals surface area contributed by atoms with Crippen LogP contribution in [0.15, 0.2) is 34.2 Å². The summed E-state index contributed by atoms with van der Waals surface area (Å²) < 4.78 is 2.09. The van der Waals surface area contributed by atoms with Crippen LogP contribution >= 0.6 is 11.8 Å². The van der Waals surface area contributed by atoms with Gasteiger partial charge in [-0.05, 0) is 49.3 Å². The molecule has 0 radical (unpaired) electrons. The third-order valence-electron chi connectivity index (χ3n) is 7.72. The molecule has 0 amide bonds. The van der Waals surface area contributed by atoms with E-state index in [1.165, 1.54) is 62.5 Å². The molecule has 0 atom stereocenters. The Morgan fingerprint density at radius 2 is 1.80 bits per heavy atom. The van der Waals surface area contributed by atoms with Gasteiger partial charge in [0.2, 0.25) is 0 Å². The average Bonchev–Trinajstić information content (AvgIpc) is 2.77. The number of thioether (sulfide) groups is 1. The van der Waals surface area contributed by atoms with E-state index >= 15 is 0 Å². The lowest BCUT2D eigenvalue weighted by atomic mass is 9.62. The predicted molar refractivity (Wildman–Crippen MR) is 125 cm³/mol. The molecule has 1 heterocycles. The quantitative estimate of drug-likeness (QED) is 0.425. The molecule has 2 fully saturated rings. The van der Waals surface area contributed by atoms with Gasteiger partial charge in [-0.15, -0.1) is 0 Å². The summed E-state index contributed by atoms with van der Waals surface area (Å²) in [6.07, 6.45) is 13.5. The second-order valence-corrected chi connectivity index (χ2v) is 10.9. The molecule has 0 unspecified atom stereocenters. The largest absolute Gasteiger partial charge is 0.287 e. The van der Waals surface area contributed by atoms with Crippen LogP contribution in [0.1, 0.15) is 82.3 Å². The lowest BCUT2D eigenvalue weighted by Crippen LogP contribution is -2.43. The summed E-state index contributed by atoms with van der Waals surface area (Å²) in [5.41, 5.74) is 4.91. The maximum absolute atomic E-state index is 14.2. The van der Waals surface area contributed by atoms with Gasteiger partial charge < -0.3 is 0 Å². The fourth-order valence-corrected chi connectivity index (χ4v) is 6.98. The van der Waals surface area contributed by atoms with Crippen LogP contribution in [0, 0.1) is 5.92 Å². The summed E-state index contributed by atoms with van der Waals surface area (Å²) in [5.74, 6) is 1.58. The molecule has 4 heteroatoms. The van der Waals surface area contributed by atoms with E-state index in [1.807, 2.05) is 0 Å². The highest BCUT2D eigenvalue weighted by molar-refractivity contribution is 7.99. The van der Waals surface area contributed by atoms with Gasteiger partial charge >= 0.3 is 0 Å². The van der Waals surface area contributed by atoms with Crippen LogP contribution in [0.5, 0.6) is 0 Å². The number of nitrogens with zero attached hydrogens (tertiary/aromatic N) is 2. The molecule has 3 nitrogen and oxygen atoms in total. The van der Waals surface area contributed by atoms with Crippen molar-refractivity contribution in [3.05, 3.63) is 45.7 Å². The van der Waals surface area contributed by atoms with Crippen LogP contribution in [-0.4, -0.2) is 15.3 Å². The SMILES string of the molecule is CCSc1nc2c(c(=O)n1CC1CCCCC1)C1(CCCCC1)Cc1ccccc1-2. The summed E-state index contributed by atoms with van der Waals surface area (Å²) in [4.78, 5) is 19.4. The van der Waals surface area contributed by atoms with Crippen molar-refractivity contribution in [1.29, 1.82) is 0 Å². The molecule has 2 aromatic rings. The lowest BCUT2D eigenvalue weighted by molar-refractivity contribution is 0.274. The van der Waals surface area contributed by atoms with Crippen LogP contribution in [-0.2, 0) is 18.4 Å². The van der Waals surface area contributed by atoms with Gasteiger partial charge in [0.1, 0.15) is 0 Å². The Morgan fingerprint density at radius 1 is 1.07 bits per heavy atom. The summed E-state index contributed by atoms with van der Waals surface area (Å²) in [7, 11) is 0. The molecule has 1 aromatic heterocycles. The van der Waals surface area contributed by atoms with Crippen molar-refractivity contribution in [3.8, 4) is 11.3 Å². The fraction of sp³-hybridized carbons (Fsp3) is 0.615. The Bertz CT molecular complexity index is 967. The number of hydrogen-bond acceptors (Lipinski definition) is 3. The molecule has 0 bridgehead atoms.